The van der Waals surface area contributed by atoms with Gasteiger partial charge in [0.15, 0.2) is 0 Å². The highest BCUT2D eigenvalue weighted by atomic mass is 16.6. The lowest BCUT2D eigenvalue weighted by Gasteiger charge is -2.07. The van der Waals surface area contributed by atoms with Crippen LogP contribution < -0.4 is 0 Å². The lowest BCUT2D eigenvalue weighted by atomic mass is 9.95. The fraction of sp³-hybridized carbons (Fsp3) is 0.200. The second kappa shape index (κ2) is 1.66. The maximum atomic E-state index is 4.75. The highest BCUT2D eigenvalue weighted by molar-refractivity contribution is 5.86. The van der Waals surface area contributed by atoms with Crippen LogP contribution in [0.5, 0.6) is 0 Å². The molecule has 3 heteroatoms. The van der Waals surface area contributed by atoms with Gasteiger partial charge in [0.05, 0.1) is 0 Å². The molecule has 1 aromatic heterocycles. The number of nitrogens with zero attached hydrogens (tertiary/aromatic N) is 2. The van der Waals surface area contributed by atoms with Crippen LogP contribution in [0.25, 0.3) is 5.57 Å². The van der Waals surface area contributed by atoms with E-state index in [0.29, 0.717) is 5.92 Å². The standard InChI is InChI=1S/C10H6N2O/c1-2-5-6(3-1)8-4-7(5)9-10(8)12-13-11-9/h1-3,7H,4H2/t7-/m0/s1. The van der Waals surface area contributed by atoms with Crippen molar-refractivity contribution in [3.63, 3.8) is 0 Å². The number of fused-ring (bicyclic) bond motifs is 7. The largest absolute Gasteiger partial charge is 0.244 e. The van der Waals surface area contributed by atoms with Crippen molar-refractivity contribution in [3.8, 4) is 0 Å². The molecule has 0 radical (unpaired) electrons. The molecular weight excluding hydrogens is 164 g/mol. The smallest absolute Gasteiger partial charge is 0.135 e. The molecular formula is C10H6N2O. The highest BCUT2D eigenvalue weighted by Gasteiger charge is 2.43. The highest BCUT2D eigenvalue weighted by Crippen LogP contribution is 2.55. The maximum absolute atomic E-state index is 4.75. The van der Waals surface area contributed by atoms with Crippen molar-refractivity contribution in [2.75, 3.05) is 0 Å². The molecule has 0 spiro atoms. The van der Waals surface area contributed by atoms with Crippen LogP contribution in [0.4, 0.5) is 0 Å². The topological polar surface area (TPSA) is 38.9 Å². The van der Waals surface area contributed by atoms with Gasteiger partial charge in [0.25, 0.3) is 0 Å². The van der Waals surface area contributed by atoms with Crippen LogP contribution in [0.1, 0.15) is 23.7 Å². The summed E-state index contributed by atoms with van der Waals surface area (Å²) in [6.45, 7) is 0. The zero-order valence-electron chi connectivity index (χ0n) is 6.82. The minimum atomic E-state index is 0.432. The fourth-order valence-electron chi connectivity index (χ4n) is 2.54. The molecule has 62 valence electrons. The van der Waals surface area contributed by atoms with Crippen LogP contribution in [0.2, 0.25) is 0 Å². The molecule has 0 saturated carbocycles. The maximum Gasteiger partial charge on any atom is 0.135 e. The SMILES string of the molecule is C1=CC2=C3C[C@@H](C2=C1)c1nonc13. The van der Waals surface area contributed by atoms with Gasteiger partial charge in [-0.05, 0) is 28.3 Å². The van der Waals surface area contributed by atoms with Crippen molar-refractivity contribution in [2.24, 2.45) is 0 Å². The molecule has 0 saturated heterocycles. The van der Waals surface area contributed by atoms with Gasteiger partial charge in [0, 0.05) is 5.92 Å². The monoisotopic (exact) mass is 170 g/mol. The molecule has 3 aliphatic carbocycles. The second-order valence-electron chi connectivity index (χ2n) is 3.63. The first-order valence-corrected chi connectivity index (χ1v) is 4.40. The molecule has 0 aromatic carbocycles. The summed E-state index contributed by atoms with van der Waals surface area (Å²) in [6.07, 6.45) is 7.50. The molecule has 4 rings (SSSR count). The first-order chi connectivity index (χ1) is 6.45. The molecule has 1 atom stereocenters. The Morgan fingerprint density at radius 1 is 1.38 bits per heavy atom. The molecule has 3 aliphatic rings. The fourth-order valence-corrected chi connectivity index (χ4v) is 2.54. The summed E-state index contributed by atoms with van der Waals surface area (Å²) >= 11 is 0. The zero-order chi connectivity index (χ0) is 8.41. The number of hydrogen-bond acceptors (Lipinski definition) is 3. The molecule has 1 heterocycles. The Bertz CT molecular complexity index is 505. The van der Waals surface area contributed by atoms with Gasteiger partial charge in [-0.1, -0.05) is 23.4 Å². The Kier molecular flexibility index (Phi) is 0.757. The third-order valence-corrected chi connectivity index (χ3v) is 3.09. The Hall–Kier alpha value is -1.64. The minimum absolute atomic E-state index is 0.432. The van der Waals surface area contributed by atoms with Crippen LogP contribution in [0.3, 0.4) is 0 Å². The second-order valence-corrected chi connectivity index (χ2v) is 3.63. The summed E-state index contributed by atoms with van der Waals surface area (Å²) in [5, 5.41) is 7.89. The van der Waals surface area contributed by atoms with Crippen molar-refractivity contribution in [1.82, 2.24) is 10.3 Å². The summed E-state index contributed by atoms with van der Waals surface area (Å²) < 4.78 is 4.75. The lowest BCUT2D eigenvalue weighted by Crippen LogP contribution is -1.98. The summed E-state index contributed by atoms with van der Waals surface area (Å²) in [5.74, 6) is 0.432. The zero-order valence-corrected chi connectivity index (χ0v) is 6.82. The van der Waals surface area contributed by atoms with Crippen molar-refractivity contribution in [1.29, 1.82) is 0 Å². The predicted octanol–water partition coefficient (Wildman–Crippen LogP) is 1.82. The Morgan fingerprint density at radius 3 is 3.38 bits per heavy atom. The first-order valence-electron chi connectivity index (χ1n) is 4.40. The van der Waals surface area contributed by atoms with Gasteiger partial charge in [0.2, 0.25) is 0 Å². The predicted molar refractivity (Wildman–Crippen MR) is 45.8 cm³/mol. The summed E-state index contributed by atoms with van der Waals surface area (Å²) in [5.41, 5.74) is 6.10. The Labute approximate surface area is 74.4 Å². The third-order valence-electron chi connectivity index (χ3n) is 3.09. The van der Waals surface area contributed by atoms with Crippen molar-refractivity contribution >= 4 is 5.57 Å². The van der Waals surface area contributed by atoms with E-state index in [1.807, 2.05) is 0 Å². The van der Waals surface area contributed by atoms with Crippen molar-refractivity contribution in [3.05, 3.63) is 40.8 Å². The van der Waals surface area contributed by atoms with Crippen LogP contribution in [0, 0.1) is 0 Å². The Balaban J connectivity index is 2.15. The average molecular weight is 170 g/mol. The number of allylic oxidation sites excluding steroid dienone is 6. The van der Waals surface area contributed by atoms with Crippen LogP contribution in [-0.2, 0) is 0 Å². The molecule has 0 amide bonds. The summed E-state index contributed by atoms with van der Waals surface area (Å²) in [7, 11) is 0. The van der Waals surface area contributed by atoms with E-state index in [4.69, 9.17) is 4.63 Å². The van der Waals surface area contributed by atoms with Crippen molar-refractivity contribution in [2.45, 2.75) is 12.3 Å². The Morgan fingerprint density at radius 2 is 2.38 bits per heavy atom. The molecule has 13 heavy (non-hydrogen) atoms. The molecule has 0 unspecified atom stereocenters. The molecule has 2 bridgehead atoms. The lowest BCUT2D eigenvalue weighted by molar-refractivity contribution is 0.300. The summed E-state index contributed by atoms with van der Waals surface area (Å²) in [6, 6.07) is 0. The van der Waals surface area contributed by atoms with Crippen LogP contribution >= 0.6 is 0 Å². The van der Waals surface area contributed by atoms with E-state index in [0.717, 1.165) is 17.8 Å². The van der Waals surface area contributed by atoms with Crippen molar-refractivity contribution < 1.29 is 4.63 Å². The number of aromatic nitrogens is 2. The molecule has 0 N–H and O–H groups in total. The van der Waals surface area contributed by atoms with E-state index >= 15 is 0 Å². The van der Waals surface area contributed by atoms with E-state index in [1.165, 1.54) is 16.7 Å². The van der Waals surface area contributed by atoms with Gasteiger partial charge in [-0.3, -0.25) is 0 Å². The van der Waals surface area contributed by atoms with Gasteiger partial charge in [-0.15, -0.1) is 0 Å². The van der Waals surface area contributed by atoms with E-state index in [-0.39, 0.29) is 0 Å². The van der Waals surface area contributed by atoms with Crippen LogP contribution in [-0.4, -0.2) is 10.3 Å². The van der Waals surface area contributed by atoms with E-state index in [2.05, 4.69) is 28.5 Å². The first kappa shape index (κ1) is 5.91. The van der Waals surface area contributed by atoms with Gasteiger partial charge in [-0.2, -0.15) is 0 Å². The average Bonchev–Trinajstić information content (AvgIpc) is 2.81. The molecule has 3 nitrogen and oxygen atoms in total. The molecule has 1 aromatic rings. The van der Waals surface area contributed by atoms with Gasteiger partial charge < -0.3 is 0 Å². The van der Waals surface area contributed by atoms with Gasteiger partial charge in [-0.25, -0.2) is 4.63 Å². The van der Waals surface area contributed by atoms with E-state index < -0.39 is 0 Å². The van der Waals surface area contributed by atoms with Gasteiger partial charge in [0.1, 0.15) is 11.4 Å². The quantitative estimate of drug-likeness (QED) is 0.596. The van der Waals surface area contributed by atoms with E-state index in [1.54, 1.807) is 0 Å². The van der Waals surface area contributed by atoms with E-state index in [9.17, 15) is 0 Å². The number of hydrogen-bond donors (Lipinski definition) is 0. The minimum Gasteiger partial charge on any atom is -0.244 e. The van der Waals surface area contributed by atoms with Crippen LogP contribution in [0.15, 0.2) is 34.0 Å². The molecule has 0 aliphatic heterocycles. The third kappa shape index (κ3) is 0.492. The summed E-state index contributed by atoms with van der Waals surface area (Å²) in [4.78, 5) is 0. The normalized spacial score (nSPS) is 26.8. The molecule has 0 fully saturated rings. The number of rotatable bonds is 0. The van der Waals surface area contributed by atoms with Gasteiger partial charge >= 0.3 is 0 Å².